The third-order valence-electron chi connectivity index (χ3n) is 4.33. The summed E-state index contributed by atoms with van der Waals surface area (Å²) in [5, 5.41) is 2.63. The molecule has 0 saturated heterocycles. The van der Waals surface area contributed by atoms with Crippen molar-refractivity contribution in [2.75, 3.05) is 5.32 Å². The molecule has 1 aliphatic carbocycles. The van der Waals surface area contributed by atoms with Crippen molar-refractivity contribution < 1.29 is 13.6 Å². The minimum Gasteiger partial charge on any atom is -0.309 e. The summed E-state index contributed by atoms with van der Waals surface area (Å²) >= 11 is 0. The van der Waals surface area contributed by atoms with Crippen LogP contribution in [0.25, 0.3) is 16.8 Å². The number of benzene rings is 1. The highest BCUT2D eigenvalue weighted by atomic mass is 19.1. The van der Waals surface area contributed by atoms with Crippen LogP contribution in [0.2, 0.25) is 0 Å². The van der Waals surface area contributed by atoms with E-state index in [4.69, 9.17) is 0 Å². The highest BCUT2D eigenvalue weighted by Crippen LogP contribution is 2.34. The van der Waals surface area contributed by atoms with Crippen molar-refractivity contribution in [2.45, 2.75) is 19.5 Å². The number of carbonyl (C=O) groups is 1. The number of nitrogens with zero attached hydrogens (tertiary/aromatic N) is 2. The van der Waals surface area contributed by atoms with Crippen LogP contribution < -0.4 is 5.32 Å². The van der Waals surface area contributed by atoms with Gasteiger partial charge in [0.05, 0.1) is 12.1 Å². The Morgan fingerprint density at radius 3 is 2.83 bits per heavy atom. The molecule has 0 spiro atoms. The van der Waals surface area contributed by atoms with Gasteiger partial charge in [-0.2, -0.15) is 0 Å². The number of hydrogen-bond donors (Lipinski definition) is 1. The van der Waals surface area contributed by atoms with Crippen LogP contribution in [0.15, 0.2) is 42.7 Å². The van der Waals surface area contributed by atoms with E-state index in [-0.39, 0.29) is 18.1 Å². The molecule has 4 rings (SSSR count). The molecule has 0 bridgehead atoms. The molecule has 0 aliphatic heterocycles. The topological polar surface area (TPSA) is 46.4 Å². The maximum atomic E-state index is 13.7. The number of anilines is 1. The fourth-order valence-electron chi connectivity index (χ4n) is 2.79. The van der Waals surface area contributed by atoms with Gasteiger partial charge in [0, 0.05) is 6.20 Å². The molecule has 1 N–H and O–H groups in total. The summed E-state index contributed by atoms with van der Waals surface area (Å²) in [5.74, 6) is -0.768. The first-order valence-corrected chi connectivity index (χ1v) is 7.72. The summed E-state index contributed by atoms with van der Waals surface area (Å²) in [7, 11) is 0. The Labute approximate surface area is 137 Å². The fourth-order valence-corrected chi connectivity index (χ4v) is 2.79. The molecule has 0 unspecified atom stereocenters. The van der Waals surface area contributed by atoms with Crippen molar-refractivity contribution in [2.24, 2.45) is 5.92 Å². The fraction of sp³-hybridized carbons (Fsp3) is 0.222. The maximum absolute atomic E-state index is 13.7. The Kier molecular flexibility index (Phi) is 3.33. The van der Waals surface area contributed by atoms with Gasteiger partial charge in [0.15, 0.2) is 5.82 Å². The molecule has 122 valence electrons. The highest BCUT2D eigenvalue weighted by Gasteiger charge is 2.43. The minimum atomic E-state index is -1.04. The minimum absolute atomic E-state index is 0.253. The third-order valence-corrected chi connectivity index (χ3v) is 4.33. The Hall–Kier alpha value is -2.76. The molecule has 1 saturated carbocycles. The Bertz CT molecular complexity index is 951. The lowest BCUT2D eigenvalue weighted by molar-refractivity contribution is -0.117. The lowest BCUT2D eigenvalue weighted by atomic mass is 10.0. The first-order chi connectivity index (χ1) is 11.5. The second-order valence-corrected chi connectivity index (χ2v) is 6.07. The highest BCUT2D eigenvalue weighted by molar-refractivity contribution is 5.94. The van der Waals surface area contributed by atoms with Crippen LogP contribution >= 0.6 is 0 Å². The van der Waals surface area contributed by atoms with E-state index >= 15 is 0 Å². The molecular formula is C18H15F2N3O. The largest absolute Gasteiger partial charge is 0.309 e. The van der Waals surface area contributed by atoms with Crippen molar-refractivity contribution in [3.05, 3.63) is 54.1 Å². The zero-order valence-corrected chi connectivity index (χ0v) is 13.0. The number of alkyl halides is 1. The molecule has 0 radical (unpaired) electrons. The SMILES string of the molecule is Cc1c(F)cccc1-c1ccc2nc(NC(=O)[C@H]3C[C@@H]3F)cn2c1. The van der Waals surface area contributed by atoms with Crippen LogP contribution in [-0.4, -0.2) is 21.5 Å². The predicted molar refractivity (Wildman–Crippen MR) is 87.0 cm³/mol. The van der Waals surface area contributed by atoms with Gasteiger partial charge >= 0.3 is 0 Å². The third kappa shape index (κ3) is 2.54. The van der Waals surface area contributed by atoms with E-state index in [0.717, 1.165) is 11.1 Å². The van der Waals surface area contributed by atoms with Crippen molar-refractivity contribution in [3.63, 3.8) is 0 Å². The number of halogens is 2. The number of imidazole rings is 1. The Morgan fingerprint density at radius 1 is 1.29 bits per heavy atom. The smallest absolute Gasteiger partial charge is 0.231 e. The summed E-state index contributed by atoms with van der Waals surface area (Å²) in [4.78, 5) is 16.1. The molecule has 2 atom stereocenters. The van der Waals surface area contributed by atoms with Crippen molar-refractivity contribution in [3.8, 4) is 11.1 Å². The standard InChI is InChI=1S/C18H15F2N3O/c1-10-12(3-2-4-14(10)19)11-5-6-17-21-16(9-23(17)8-11)22-18(24)13-7-15(13)20/h2-6,8-9,13,15H,7H2,1H3,(H,22,24)/t13-,15-/m0/s1. The van der Waals surface area contributed by atoms with Crippen LogP contribution in [0, 0.1) is 18.7 Å². The molecule has 2 aromatic heterocycles. The lowest BCUT2D eigenvalue weighted by Gasteiger charge is -2.07. The summed E-state index contributed by atoms with van der Waals surface area (Å²) in [6.45, 7) is 1.73. The second-order valence-electron chi connectivity index (χ2n) is 6.07. The number of amides is 1. The lowest BCUT2D eigenvalue weighted by Crippen LogP contribution is -2.15. The molecule has 24 heavy (non-hydrogen) atoms. The van der Waals surface area contributed by atoms with E-state index in [1.165, 1.54) is 6.07 Å². The van der Waals surface area contributed by atoms with Gasteiger partial charge in [-0.25, -0.2) is 13.8 Å². The monoisotopic (exact) mass is 327 g/mol. The number of rotatable bonds is 3. The van der Waals surface area contributed by atoms with E-state index in [9.17, 15) is 13.6 Å². The van der Waals surface area contributed by atoms with Crippen LogP contribution in [0.1, 0.15) is 12.0 Å². The summed E-state index contributed by atoms with van der Waals surface area (Å²) in [6.07, 6.45) is 2.74. The average molecular weight is 327 g/mol. The summed E-state index contributed by atoms with van der Waals surface area (Å²) < 4.78 is 28.4. The van der Waals surface area contributed by atoms with Gasteiger partial charge < -0.3 is 9.72 Å². The van der Waals surface area contributed by atoms with Crippen molar-refractivity contribution in [1.82, 2.24) is 9.38 Å². The van der Waals surface area contributed by atoms with E-state index < -0.39 is 12.1 Å². The Morgan fingerprint density at radius 2 is 2.08 bits per heavy atom. The zero-order chi connectivity index (χ0) is 16.8. The number of hydrogen-bond acceptors (Lipinski definition) is 2. The van der Waals surface area contributed by atoms with Gasteiger partial charge in [-0.3, -0.25) is 4.79 Å². The number of pyridine rings is 1. The molecule has 4 nitrogen and oxygen atoms in total. The number of fused-ring (bicyclic) bond motifs is 1. The molecular weight excluding hydrogens is 312 g/mol. The first-order valence-electron chi connectivity index (χ1n) is 7.72. The second kappa shape index (κ2) is 5.40. The molecule has 1 aromatic carbocycles. The van der Waals surface area contributed by atoms with Crippen LogP contribution in [0.4, 0.5) is 14.6 Å². The van der Waals surface area contributed by atoms with Gasteiger partial charge in [-0.05, 0) is 48.2 Å². The predicted octanol–water partition coefficient (Wildman–Crippen LogP) is 3.75. The van der Waals surface area contributed by atoms with Gasteiger partial charge in [0.1, 0.15) is 17.6 Å². The van der Waals surface area contributed by atoms with Crippen molar-refractivity contribution in [1.29, 1.82) is 0 Å². The summed E-state index contributed by atoms with van der Waals surface area (Å²) in [5.41, 5.74) is 2.87. The van der Waals surface area contributed by atoms with Gasteiger partial charge in [-0.1, -0.05) is 12.1 Å². The van der Waals surface area contributed by atoms with E-state index in [0.29, 0.717) is 17.0 Å². The maximum Gasteiger partial charge on any atom is 0.231 e. The molecule has 1 amide bonds. The van der Waals surface area contributed by atoms with E-state index in [1.807, 2.05) is 18.3 Å². The quantitative estimate of drug-likeness (QED) is 0.796. The Balaban J connectivity index is 1.66. The molecule has 3 aromatic rings. The van der Waals surface area contributed by atoms with Gasteiger partial charge in [0.2, 0.25) is 5.91 Å². The normalized spacial score (nSPS) is 19.5. The zero-order valence-electron chi connectivity index (χ0n) is 13.0. The number of nitrogens with one attached hydrogen (secondary N) is 1. The molecule has 2 heterocycles. The van der Waals surface area contributed by atoms with Crippen LogP contribution in [0.5, 0.6) is 0 Å². The first kappa shape index (κ1) is 14.8. The molecule has 1 aliphatic rings. The average Bonchev–Trinajstić information content (AvgIpc) is 3.15. The van der Waals surface area contributed by atoms with E-state index in [2.05, 4.69) is 10.3 Å². The van der Waals surface area contributed by atoms with Crippen LogP contribution in [0.3, 0.4) is 0 Å². The number of aromatic nitrogens is 2. The van der Waals surface area contributed by atoms with Gasteiger partial charge in [-0.15, -0.1) is 0 Å². The number of carbonyl (C=O) groups excluding carboxylic acids is 1. The van der Waals surface area contributed by atoms with Crippen molar-refractivity contribution >= 4 is 17.4 Å². The van der Waals surface area contributed by atoms with Crippen LogP contribution in [-0.2, 0) is 4.79 Å². The molecule has 1 fully saturated rings. The molecule has 6 heteroatoms. The van der Waals surface area contributed by atoms with E-state index in [1.54, 1.807) is 29.7 Å². The van der Waals surface area contributed by atoms with Gasteiger partial charge in [0.25, 0.3) is 0 Å². The summed E-state index contributed by atoms with van der Waals surface area (Å²) in [6, 6.07) is 8.61.